The molecule has 0 saturated carbocycles. The van der Waals surface area contributed by atoms with Gasteiger partial charge in [-0.1, -0.05) is 35.9 Å². The van der Waals surface area contributed by atoms with Gasteiger partial charge >= 0.3 is 18.2 Å². The smallest absolute Gasteiger partial charge is 0.420 e. The van der Waals surface area contributed by atoms with E-state index in [9.17, 15) is 14.4 Å². The highest BCUT2D eigenvalue weighted by Gasteiger charge is 2.34. The molecule has 0 fully saturated rings. The van der Waals surface area contributed by atoms with Crippen molar-refractivity contribution in [3.63, 3.8) is 0 Å². The minimum Gasteiger partial charge on any atom is -0.462 e. The average molecular weight is 649 g/mol. The van der Waals surface area contributed by atoms with Crippen molar-refractivity contribution in [2.45, 2.75) is 92.5 Å². The molecule has 0 radical (unpaired) electrons. The molecule has 1 unspecified atom stereocenters. The quantitative estimate of drug-likeness (QED) is 0.121. The number of anilines is 2. The lowest BCUT2D eigenvalue weighted by Crippen LogP contribution is -2.49. The number of thiocarbonyl (C=S) groups is 1. The molecule has 1 atom stereocenters. The molecule has 0 aliphatic rings. The summed E-state index contributed by atoms with van der Waals surface area (Å²) in [5, 5.41) is 6.98. The SMILES string of the molecule is CC(C)(C)OC(=O)N(Cc1cccc(N)c1NC(=S)NC(C)(COC(=O)C(C)(C)C)c1cccc(Cl)c1)C(=O)OC(C)(C)C. The highest BCUT2D eigenvalue weighted by molar-refractivity contribution is 7.80. The fraction of sp³-hybridized carbons (Fsp3) is 0.500. The first-order valence-corrected chi connectivity index (χ1v) is 14.9. The van der Waals surface area contributed by atoms with E-state index in [4.69, 9.17) is 43.8 Å². The van der Waals surface area contributed by atoms with Gasteiger partial charge in [-0.25, -0.2) is 14.5 Å². The number of amides is 2. The van der Waals surface area contributed by atoms with Crippen LogP contribution in [0.25, 0.3) is 0 Å². The number of nitrogens with one attached hydrogen (secondary N) is 2. The molecule has 10 nitrogen and oxygen atoms in total. The molecule has 2 rings (SSSR count). The summed E-state index contributed by atoms with van der Waals surface area (Å²) in [5.74, 6) is -0.384. The molecular weight excluding hydrogens is 604 g/mol. The zero-order chi connectivity index (χ0) is 33.7. The number of carbonyl (C=O) groups excluding carboxylic acids is 3. The highest BCUT2D eigenvalue weighted by Crippen LogP contribution is 2.29. The van der Waals surface area contributed by atoms with Crippen LogP contribution in [0.4, 0.5) is 21.0 Å². The van der Waals surface area contributed by atoms with Crippen LogP contribution in [0.5, 0.6) is 0 Å². The summed E-state index contributed by atoms with van der Waals surface area (Å²) >= 11 is 12.0. The molecule has 0 heterocycles. The normalized spacial score (nSPS) is 13.2. The number of hydrogen-bond acceptors (Lipinski definition) is 8. The Hall–Kier alpha value is -3.57. The van der Waals surface area contributed by atoms with Crippen molar-refractivity contribution in [1.82, 2.24) is 10.2 Å². The molecule has 44 heavy (non-hydrogen) atoms. The summed E-state index contributed by atoms with van der Waals surface area (Å²) in [4.78, 5) is 39.8. The van der Waals surface area contributed by atoms with Crippen molar-refractivity contribution in [3.05, 3.63) is 58.6 Å². The first kappa shape index (κ1) is 36.6. The molecular formula is C32H45ClN4O6S. The van der Waals surface area contributed by atoms with Crippen LogP contribution in [0.15, 0.2) is 42.5 Å². The molecule has 0 aromatic heterocycles. The molecule has 0 bridgehead atoms. The van der Waals surface area contributed by atoms with E-state index in [1.165, 1.54) is 0 Å². The molecule has 0 saturated heterocycles. The topological polar surface area (TPSA) is 132 Å². The van der Waals surface area contributed by atoms with E-state index in [1.807, 2.05) is 13.0 Å². The fourth-order valence-electron chi connectivity index (χ4n) is 3.76. The number of esters is 1. The standard InChI is InChI=1S/C32H45ClN4O6S/c1-29(2,3)25(38)41-19-32(10,21-14-12-15-22(33)17-21)36-26(44)35-24-20(13-11-16-23(24)34)18-37(27(39)42-30(4,5)6)28(40)43-31(7,8)9/h11-17H,18-19,34H2,1-10H3,(H2,35,36,44). The number of nitrogens with two attached hydrogens (primary N) is 1. The van der Waals surface area contributed by atoms with Crippen molar-refractivity contribution in [1.29, 1.82) is 0 Å². The number of halogens is 1. The number of nitrogens with zero attached hydrogens (tertiary/aromatic N) is 1. The second-order valence-corrected chi connectivity index (χ2v) is 14.5. The lowest BCUT2D eigenvalue weighted by atomic mass is 9.92. The first-order valence-electron chi connectivity index (χ1n) is 14.1. The van der Waals surface area contributed by atoms with E-state index < -0.39 is 34.3 Å². The van der Waals surface area contributed by atoms with Gasteiger partial charge in [-0.2, -0.15) is 0 Å². The summed E-state index contributed by atoms with van der Waals surface area (Å²) in [6.45, 7) is 17.0. The van der Waals surface area contributed by atoms with Gasteiger partial charge in [-0.15, -0.1) is 0 Å². The molecule has 0 spiro atoms. The Morgan fingerprint density at radius 1 is 0.886 bits per heavy atom. The van der Waals surface area contributed by atoms with Crippen molar-refractivity contribution in [3.8, 4) is 0 Å². The van der Waals surface area contributed by atoms with E-state index in [2.05, 4.69) is 10.6 Å². The largest absolute Gasteiger partial charge is 0.462 e. The molecule has 2 aromatic carbocycles. The molecule has 2 amide bonds. The zero-order valence-corrected chi connectivity index (χ0v) is 28.8. The van der Waals surface area contributed by atoms with Crippen LogP contribution < -0.4 is 16.4 Å². The van der Waals surface area contributed by atoms with Gasteiger partial charge in [0.05, 0.1) is 28.9 Å². The van der Waals surface area contributed by atoms with Crippen LogP contribution >= 0.6 is 23.8 Å². The monoisotopic (exact) mass is 648 g/mol. The van der Waals surface area contributed by atoms with Crippen LogP contribution in [-0.4, -0.2) is 46.0 Å². The maximum Gasteiger partial charge on any atom is 0.420 e. The van der Waals surface area contributed by atoms with Crippen molar-refractivity contribution < 1.29 is 28.6 Å². The van der Waals surface area contributed by atoms with E-state index in [0.717, 1.165) is 10.5 Å². The Bertz CT molecular complexity index is 1350. The van der Waals surface area contributed by atoms with Gasteiger partial charge in [0.2, 0.25) is 0 Å². The molecule has 2 aromatic rings. The third-order valence-electron chi connectivity index (χ3n) is 5.93. The number of imide groups is 1. The second kappa shape index (κ2) is 14.0. The van der Waals surface area contributed by atoms with Gasteiger partial charge in [0.25, 0.3) is 0 Å². The number of rotatable bonds is 7. The van der Waals surface area contributed by atoms with Crippen LogP contribution in [-0.2, 0) is 31.1 Å². The zero-order valence-electron chi connectivity index (χ0n) is 27.2. The number of ether oxygens (including phenoxy) is 3. The van der Waals surface area contributed by atoms with Crippen LogP contribution in [0.3, 0.4) is 0 Å². The number of carbonyl (C=O) groups is 3. The molecule has 12 heteroatoms. The molecule has 0 aliphatic carbocycles. The van der Waals surface area contributed by atoms with Gasteiger partial charge in [-0.05, 0) is 111 Å². The maximum absolute atomic E-state index is 13.1. The van der Waals surface area contributed by atoms with Gasteiger partial charge < -0.3 is 30.6 Å². The van der Waals surface area contributed by atoms with E-state index >= 15 is 0 Å². The summed E-state index contributed by atoms with van der Waals surface area (Å²) in [5.41, 5.74) is 4.78. The van der Waals surface area contributed by atoms with Crippen LogP contribution in [0.1, 0.15) is 80.4 Å². The van der Waals surface area contributed by atoms with Crippen molar-refractivity contribution in [2.75, 3.05) is 17.7 Å². The molecule has 0 aliphatic heterocycles. The Morgan fingerprint density at radius 3 is 1.93 bits per heavy atom. The number of benzene rings is 2. The Morgan fingerprint density at radius 2 is 1.43 bits per heavy atom. The van der Waals surface area contributed by atoms with E-state index in [1.54, 1.807) is 98.7 Å². The lowest BCUT2D eigenvalue weighted by molar-refractivity contribution is -0.155. The third-order valence-corrected chi connectivity index (χ3v) is 6.37. The lowest BCUT2D eigenvalue weighted by Gasteiger charge is -2.34. The third kappa shape index (κ3) is 11.2. The predicted octanol–water partition coefficient (Wildman–Crippen LogP) is 7.39. The average Bonchev–Trinajstić information content (AvgIpc) is 2.84. The molecule has 4 N–H and O–H groups in total. The van der Waals surface area contributed by atoms with Crippen molar-refractivity contribution >= 4 is 58.5 Å². The fourth-order valence-corrected chi connectivity index (χ4v) is 4.27. The number of nitrogen functional groups attached to an aromatic ring is 1. The van der Waals surface area contributed by atoms with Crippen LogP contribution in [0.2, 0.25) is 5.02 Å². The highest BCUT2D eigenvalue weighted by atomic mass is 35.5. The summed E-state index contributed by atoms with van der Waals surface area (Å²) in [6, 6.07) is 12.2. The summed E-state index contributed by atoms with van der Waals surface area (Å²) in [6.07, 6.45) is -1.76. The minimum atomic E-state index is -1.00. The van der Waals surface area contributed by atoms with Gasteiger partial charge in [0.1, 0.15) is 17.8 Å². The Balaban J connectivity index is 2.43. The Labute approximate surface area is 270 Å². The Kier molecular flexibility index (Phi) is 11.7. The minimum absolute atomic E-state index is 0.0620. The predicted molar refractivity (Wildman–Crippen MR) is 177 cm³/mol. The molecule has 242 valence electrons. The second-order valence-electron chi connectivity index (χ2n) is 13.7. The van der Waals surface area contributed by atoms with E-state index in [0.29, 0.717) is 22.0 Å². The van der Waals surface area contributed by atoms with Gasteiger partial charge in [-0.3, -0.25) is 4.79 Å². The van der Waals surface area contributed by atoms with Crippen LogP contribution in [0, 0.1) is 5.41 Å². The summed E-state index contributed by atoms with van der Waals surface area (Å²) in [7, 11) is 0. The number of hydrogen-bond donors (Lipinski definition) is 3. The summed E-state index contributed by atoms with van der Waals surface area (Å²) < 4.78 is 16.7. The van der Waals surface area contributed by atoms with Crippen molar-refractivity contribution in [2.24, 2.45) is 5.41 Å². The van der Waals surface area contributed by atoms with Gasteiger partial charge in [0, 0.05) is 5.02 Å². The maximum atomic E-state index is 13.1. The first-order chi connectivity index (χ1) is 20.0. The van der Waals surface area contributed by atoms with E-state index in [-0.39, 0.29) is 24.2 Å². The number of para-hydroxylation sites is 1. The van der Waals surface area contributed by atoms with Gasteiger partial charge in [0.15, 0.2) is 5.11 Å².